The molecular weight excluding hydrogens is 234 g/mol. The van der Waals surface area contributed by atoms with Crippen molar-refractivity contribution in [1.82, 2.24) is 0 Å². The monoisotopic (exact) mass is 241 g/mol. The lowest BCUT2D eigenvalue weighted by atomic mass is 10.1. The van der Waals surface area contributed by atoms with Crippen LogP contribution in [-0.4, -0.2) is 8.42 Å². The van der Waals surface area contributed by atoms with Crippen LogP contribution in [0.1, 0.15) is 5.56 Å². The molecule has 0 spiro atoms. The fourth-order valence-corrected chi connectivity index (χ4v) is 2.39. The number of rotatable bonds is 1. The number of nitrogens with two attached hydrogens (primary N) is 1. The van der Waals surface area contributed by atoms with Gasteiger partial charge in [-0.1, -0.05) is 23.7 Å². The average molecular weight is 242 g/mol. The smallest absolute Gasteiger partial charge is 0.215 e. The van der Waals surface area contributed by atoms with Gasteiger partial charge < -0.3 is 5.73 Å². The molecule has 78 valence electrons. The zero-order valence-corrected chi connectivity index (χ0v) is 9.22. The fourth-order valence-electron chi connectivity index (χ4n) is 1.30. The summed E-state index contributed by atoms with van der Waals surface area (Å²) in [5, 5.41) is 1.65. The van der Waals surface area contributed by atoms with Crippen LogP contribution in [0.5, 0.6) is 0 Å². The molecule has 0 saturated heterocycles. The van der Waals surface area contributed by atoms with Crippen molar-refractivity contribution in [1.29, 1.82) is 0 Å². The molecule has 0 radical (unpaired) electrons. The van der Waals surface area contributed by atoms with Gasteiger partial charge in [-0.2, -0.15) is 0 Å². The largest absolute Gasteiger partial charge is 0.389 e. The summed E-state index contributed by atoms with van der Waals surface area (Å²) >= 11 is 5.73. The van der Waals surface area contributed by atoms with Crippen LogP contribution >= 0.6 is 11.6 Å². The molecule has 0 aromatic heterocycles. The van der Waals surface area contributed by atoms with Gasteiger partial charge in [-0.15, -0.1) is 0 Å². The van der Waals surface area contributed by atoms with Crippen molar-refractivity contribution in [3.05, 3.63) is 51.4 Å². The van der Waals surface area contributed by atoms with E-state index in [0.29, 0.717) is 10.6 Å². The van der Waals surface area contributed by atoms with Crippen molar-refractivity contribution in [2.45, 2.75) is 0 Å². The molecule has 1 aliphatic rings. The third-order valence-electron chi connectivity index (χ3n) is 2.09. The molecule has 15 heavy (non-hydrogen) atoms. The molecule has 0 unspecified atom stereocenters. The number of halogens is 1. The van der Waals surface area contributed by atoms with E-state index in [9.17, 15) is 8.42 Å². The number of hydrogen-bond donors (Lipinski definition) is 1. The zero-order valence-electron chi connectivity index (χ0n) is 7.64. The van der Waals surface area contributed by atoms with Gasteiger partial charge in [0.05, 0.1) is 0 Å². The number of sulfone groups is 1. The molecule has 2 rings (SSSR count). The van der Waals surface area contributed by atoms with E-state index in [1.165, 1.54) is 6.08 Å². The van der Waals surface area contributed by atoms with Gasteiger partial charge in [-0.3, -0.25) is 0 Å². The van der Waals surface area contributed by atoms with E-state index in [4.69, 9.17) is 17.3 Å². The predicted octanol–water partition coefficient (Wildman–Crippen LogP) is 1.91. The van der Waals surface area contributed by atoms with E-state index in [1.807, 2.05) is 0 Å². The Bertz CT molecular complexity index is 556. The molecule has 0 atom stereocenters. The summed E-state index contributed by atoms with van der Waals surface area (Å²) < 4.78 is 22.6. The number of hydrogen-bond acceptors (Lipinski definition) is 3. The van der Waals surface area contributed by atoms with Crippen molar-refractivity contribution >= 4 is 27.0 Å². The van der Waals surface area contributed by atoms with Crippen LogP contribution in [0, 0.1) is 0 Å². The topological polar surface area (TPSA) is 60.2 Å². The first-order valence-electron chi connectivity index (χ1n) is 4.19. The minimum absolute atomic E-state index is 0.118. The van der Waals surface area contributed by atoms with E-state index >= 15 is 0 Å². The maximum atomic E-state index is 11.3. The van der Waals surface area contributed by atoms with Crippen LogP contribution in [0.15, 0.2) is 40.8 Å². The van der Waals surface area contributed by atoms with Crippen molar-refractivity contribution in [3.63, 3.8) is 0 Å². The minimum Gasteiger partial charge on any atom is -0.389 e. The van der Waals surface area contributed by atoms with Crippen LogP contribution in [0.3, 0.4) is 0 Å². The van der Waals surface area contributed by atoms with E-state index in [2.05, 4.69) is 0 Å². The quantitative estimate of drug-likeness (QED) is 0.817. The highest BCUT2D eigenvalue weighted by Crippen LogP contribution is 2.27. The Morgan fingerprint density at radius 2 is 1.73 bits per heavy atom. The summed E-state index contributed by atoms with van der Waals surface area (Å²) in [6.45, 7) is 0. The molecule has 0 bridgehead atoms. The van der Waals surface area contributed by atoms with E-state index in [1.54, 1.807) is 24.3 Å². The molecule has 5 heteroatoms. The Hall–Kier alpha value is -1.26. The molecule has 0 fully saturated rings. The summed E-state index contributed by atoms with van der Waals surface area (Å²) in [5.74, 6) is 0. The molecule has 2 N–H and O–H groups in total. The van der Waals surface area contributed by atoms with Crippen LogP contribution in [0.25, 0.3) is 5.57 Å². The van der Waals surface area contributed by atoms with Gasteiger partial charge in [0, 0.05) is 10.4 Å². The molecule has 1 heterocycles. The van der Waals surface area contributed by atoms with E-state index in [-0.39, 0.29) is 5.03 Å². The summed E-state index contributed by atoms with van der Waals surface area (Å²) in [5.41, 5.74) is 6.73. The molecule has 0 amide bonds. The van der Waals surface area contributed by atoms with E-state index < -0.39 is 9.84 Å². The van der Waals surface area contributed by atoms with Gasteiger partial charge in [-0.05, 0) is 29.3 Å². The summed E-state index contributed by atoms with van der Waals surface area (Å²) in [4.78, 5) is 0. The van der Waals surface area contributed by atoms with Crippen molar-refractivity contribution in [2.75, 3.05) is 0 Å². The van der Waals surface area contributed by atoms with Crippen molar-refractivity contribution in [2.24, 2.45) is 5.73 Å². The van der Waals surface area contributed by atoms with Crippen molar-refractivity contribution in [3.8, 4) is 0 Å². The van der Waals surface area contributed by atoms with Gasteiger partial charge in [0.2, 0.25) is 9.84 Å². The maximum Gasteiger partial charge on any atom is 0.215 e. The second-order valence-electron chi connectivity index (χ2n) is 3.17. The Balaban J connectivity index is 2.48. The van der Waals surface area contributed by atoms with Gasteiger partial charge in [0.1, 0.15) is 5.03 Å². The van der Waals surface area contributed by atoms with E-state index in [0.717, 1.165) is 11.0 Å². The van der Waals surface area contributed by atoms with Crippen LogP contribution < -0.4 is 5.73 Å². The summed E-state index contributed by atoms with van der Waals surface area (Å²) in [6.07, 6.45) is 1.44. The summed E-state index contributed by atoms with van der Waals surface area (Å²) in [6, 6.07) is 6.90. The highest BCUT2D eigenvalue weighted by molar-refractivity contribution is 7.98. The SMILES string of the molecule is NC1=CC(c2ccc(Cl)cc2)=CS1(=O)=O. The predicted molar refractivity (Wildman–Crippen MR) is 60.6 cm³/mol. The molecule has 3 nitrogen and oxygen atoms in total. The number of allylic oxidation sites excluding steroid dienone is 2. The first-order chi connectivity index (χ1) is 6.99. The zero-order chi connectivity index (χ0) is 11.1. The van der Waals surface area contributed by atoms with Gasteiger partial charge in [0.15, 0.2) is 0 Å². The first-order valence-corrected chi connectivity index (χ1v) is 6.11. The minimum atomic E-state index is -3.39. The van der Waals surface area contributed by atoms with Crippen LogP contribution in [0.4, 0.5) is 0 Å². The second-order valence-corrected chi connectivity index (χ2v) is 5.41. The normalized spacial score (nSPS) is 18.5. The Morgan fingerprint density at radius 3 is 2.20 bits per heavy atom. The molecule has 1 aliphatic heterocycles. The van der Waals surface area contributed by atoms with Gasteiger partial charge in [-0.25, -0.2) is 8.42 Å². The summed E-state index contributed by atoms with van der Waals surface area (Å²) in [7, 11) is -3.39. The molecular formula is C10H8ClNO2S. The Kier molecular flexibility index (Phi) is 2.32. The van der Waals surface area contributed by atoms with Gasteiger partial charge >= 0.3 is 0 Å². The maximum absolute atomic E-state index is 11.3. The molecule has 0 saturated carbocycles. The highest BCUT2D eigenvalue weighted by atomic mass is 35.5. The lowest BCUT2D eigenvalue weighted by molar-refractivity contribution is 0.610. The molecule has 1 aromatic carbocycles. The molecule has 0 aliphatic carbocycles. The second kappa shape index (κ2) is 3.40. The number of benzene rings is 1. The Labute approximate surface area is 92.8 Å². The van der Waals surface area contributed by atoms with Crippen LogP contribution in [0.2, 0.25) is 5.02 Å². The van der Waals surface area contributed by atoms with Crippen molar-refractivity contribution < 1.29 is 8.42 Å². The lowest BCUT2D eigenvalue weighted by Crippen LogP contribution is -2.04. The third-order valence-corrected chi connectivity index (χ3v) is 3.68. The Morgan fingerprint density at radius 1 is 1.13 bits per heavy atom. The molecule has 1 aromatic rings. The van der Waals surface area contributed by atoms with Gasteiger partial charge in [0.25, 0.3) is 0 Å². The first kappa shape index (κ1) is 10.3. The average Bonchev–Trinajstić information content (AvgIpc) is 2.42. The standard InChI is InChI=1S/C10H8ClNO2S/c11-9-3-1-7(2-4-9)8-5-10(12)15(13,14)6-8/h1-6H,12H2. The fraction of sp³-hybridized carbons (Fsp3) is 0. The van der Waals surface area contributed by atoms with Crippen LogP contribution in [-0.2, 0) is 9.84 Å². The lowest BCUT2D eigenvalue weighted by Gasteiger charge is -1.97. The highest BCUT2D eigenvalue weighted by Gasteiger charge is 2.20. The third kappa shape index (κ3) is 1.91.